The van der Waals surface area contributed by atoms with E-state index in [9.17, 15) is 13.2 Å². The summed E-state index contributed by atoms with van der Waals surface area (Å²) in [5, 5.41) is 2.64. The van der Waals surface area contributed by atoms with Crippen molar-refractivity contribution >= 4 is 5.95 Å². The van der Waals surface area contributed by atoms with E-state index in [0.29, 0.717) is 11.7 Å². The van der Waals surface area contributed by atoms with Crippen LogP contribution in [0, 0.1) is 13.8 Å². The Hall–Kier alpha value is -2.12. The van der Waals surface area contributed by atoms with Gasteiger partial charge in [0, 0.05) is 6.20 Å². The topological polar surface area (TPSA) is 63.8 Å². The second kappa shape index (κ2) is 4.87. The van der Waals surface area contributed by atoms with Gasteiger partial charge in [0.25, 0.3) is 0 Å². The number of oxazole rings is 1. The Morgan fingerprint density at radius 1 is 1.26 bits per heavy atom. The summed E-state index contributed by atoms with van der Waals surface area (Å²) in [5.74, 6) is 0.918. The number of nitrogens with one attached hydrogen (secondary N) is 1. The van der Waals surface area contributed by atoms with E-state index >= 15 is 0 Å². The maximum Gasteiger partial charge on any atom is 0.433 e. The number of hydrogen-bond donors (Lipinski definition) is 1. The van der Waals surface area contributed by atoms with Crippen molar-refractivity contribution in [1.82, 2.24) is 15.0 Å². The molecule has 102 valence electrons. The Balaban J connectivity index is 2.07. The number of anilines is 1. The van der Waals surface area contributed by atoms with Crippen LogP contribution >= 0.6 is 0 Å². The van der Waals surface area contributed by atoms with Crippen LogP contribution in [0.2, 0.25) is 0 Å². The molecule has 0 fully saturated rings. The molecular weight excluding hydrogens is 261 g/mol. The minimum absolute atomic E-state index is 0.121. The maximum atomic E-state index is 12.4. The second-order valence-corrected chi connectivity index (χ2v) is 3.87. The number of nitrogens with zero attached hydrogens (tertiary/aromatic N) is 3. The van der Waals surface area contributed by atoms with Gasteiger partial charge in [0.2, 0.25) is 11.8 Å². The van der Waals surface area contributed by atoms with Crippen LogP contribution in [0.5, 0.6) is 0 Å². The van der Waals surface area contributed by atoms with Gasteiger partial charge >= 0.3 is 6.18 Å². The van der Waals surface area contributed by atoms with Crippen LogP contribution in [-0.4, -0.2) is 15.0 Å². The normalized spacial score (nSPS) is 11.6. The third-order valence-electron chi connectivity index (χ3n) is 2.42. The lowest BCUT2D eigenvalue weighted by atomic mass is 10.4. The summed E-state index contributed by atoms with van der Waals surface area (Å²) >= 11 is 0. The van der Waals surface area contributed by atoms with E-state index in [1.54, 1.807) is 13.8 Å². The van der Waals surface area contributed by atoms with Crippen molar-refractivity contribution < 1.29 is 17.6 Å². The molecule has 2 aromatic heterocycles. The first-order chi connectivity index (χ1) is 8.86. The largest absolute Gasteiger partial charge is 0.444 e. The molecule has 0 aliphatic heterocycles. The highest BCUT2D eigenvalue weighted by Crippen LogP contribution is 2.27. The predicted octanol–water partition coefficient (Wildman–Crippen LogP) is 2.71. The number of aryl methyl sites for hydroxylation is 2. The van der Waals surface area contributed by atoms with Crippen molar-refractivity contribution in [3.8, 4) is 0 Å². The van der Waals surface area contributed by atoms with Crippen molar-refractivity contribution in [2.45, 2.75) is 26.6 Å². The van der Waals surface area contributed by atoms with E-state index < -0.39 is 11.9 Å². The van der Waals surface area contributed by atoms with E-state index in [0.717, 1.165) is 18.0 Å². The van der Waals surface area contributed by atoms with E-state index in [-0.39, 0.29) is 12.5 Å². The maximum absolute atomic E-state index is 12.4. The van der Waals surface area contributed by atoms with Gasteiger partial charge in [-0.25, -0.2) is 15.0 Å². The summed E-state index contributed by atoms with van der Waals surface area (Å²) < 4.78 is 42.6. The van der Waals surface area contributed by atoms with Crippen LogP contribution in [0.4, 0.5) is 19.1 Å². The van der Waals surface area contributed by atoms with Crippen molar-refractivity contribution in [1.29, 1.82) is 0 Å². The molecular formula is C11H11F3N4O. The minimum atomic E-state index is -4.49. The van der Waals surface area contributed by atoms with Gasteiger partial charge in [-0.1, -0.05) is 0 Å². The zero-order valence-corrected chi connectivity index (χ0v) is 10.2. The molecule has 0 radical (unpaired) electrons. The van der Waals surface area contributed by atoms with Gasteiger partial charge in [0.1, 0.15) is 11.5 Å². The van der Waals surface area contributed by atoms with E-state index in [4.69, 9.17) is 4.42 Å². The van der Waals surface area contributed by atoms with Gasteiger partial charge in [-0.3, -0.25) is 0 Å². The number of hydrogen-bond acceptors (Lipinski definition) is 5. The standard InChI is InChI=1S/C11H11F3N4O/c1-6-7(2)19-9(17-6)5-16-10-15-4-3-8(18-10)11(12,13)14/h3-4H,5H2,1-2H3,(H,15,16,18). The molecule has 2 rings (SSSR count). The van der Waals surface area contributed by atoms with Crippen LogP contribution < -0.4 is 5.32 Å². The highest BCUT2D eigenvalue weighted by atomic mass is 19.4. The van der Waals surface area contributed by atoms with E-state index in [1.807, 2.05) is 0 Å². The summed E-state index contributed by atoms with van der Waals surface area (Å²) in [6.07, 6.45) is -3.44. The molecule has 0 atom stereocenters. The molecule has 0 bridgehead atoms. The second-order valence-electron chi connectivity index (χ2n) is 3.87. The zero-order chi connectivity index (χ0) is 14.0. The van der Waals surface area contributed by atoms with Crippen LogP contribution in [0.25, 0.3) is 0 Å². The minimum Gasteiger partial charge on any atom is -0.444 e. The van der Waals surface area contributed by atoms with E-state index in [2.05, 4.69) is 20.3 Å². The molecule has 0 aliphatic carbocycles. The van der Waals surface area contributed by atoms with Crippen molar-refractivity contribution in [2.75, 3.05) is 5.32 Å². The quantitative estimate of drug-likeness (QED) is 0.930. The molecule has 5 nitrogen and oxygen atoms in total. The smallest absolute Gasteiger partial charge is 0.433 e. The van der Waals surface area contributed by atoms with Gasteiger partial charge in [-0.15, -0.1) is 0 Å². The molecule has 8 heteroatoms. The molecule has 0 saturated carbocycles. The van der Waals surface area contributed by atoms with Crippen molar-refractivity contribution in [3.63, 3.8) is 0 Å². The van der Waals surface area contributed by atoms with Gasteiger partial charge in [-0.05, 0) is 19.9 Å². The predicted molar refractivity (Wildman–Crippen MR) is 60.3 cm³/mol. The SMILES string of the molecule is Cc1nc(CNc2nccc(C(F)(F)F)n2)oc1C. The Kier molecular flexibility index (Phi) is 3.41. The fourth-order valence-corrected chi connectivity index (χ4v) is 1.37. The molecule has 0 aliphatic rings. The molecule has 19 heavy (non-hydrogen) atoms. The Morgan fingerprint density at radius 3 is 2.58 bits per heavy atom. The third kappa shape index (κ3) is 3.21. The third-order valence-corrected chi connectivity index (χ3v) is 2.42. The Bertz CT molecular complexity index is 560. The summed E-state index contributed by atoms with van der Waals surface area (Å²) in [6, 6.07) is 0.810. The fourth-order valence-electron chi connectivity index (χ4n) is 1.37. The summed E-state index contributed by atoms with van der Waals surface area (Å²) in [5.41, 5.74) is -0.258. The van der Waals surface area contributed by atoms with Gasteiger partial charge in [0.05, 0.1) is 12.2 Å². The molecule has 2 aromatic rings. The summed E-state index contributed by atoms with van der Waals surface area (Å²) in [6.45, 7) is 3.66. The Labute approximate surface area is 106 Å². The van der Waals surface area contributed by atoms with Gasteiger partial charge in [-0.2, -0.15) is 13.2 Å². The first-order valence-corrected chi connectivity index (χ1v) is 5.43. The highest BCUT2D eigenvalue weighted by molar-refractivity contribution is 5.26. The summed E-state index contributed by atoms with van der Waals surface area (Å²) in [4.78, 5) is 11.2. The number of aromatic nitrogens is 3. The monoisotopic (exact) mass is 272 g/mol. The number of alkyl halides is 3. The molecule has 0 amide bonds. The molecule has 2 heterocycles. The number of rotatable bonds is 3. The number of halogens is 3. The molecule has 0 spiro atoms. The van der Waals surface area contributed by atoms with Crippen LogP contribution in [0.3, 0.4) is 0 Å². The van der Waals surface area contributed by atoms with Crippen LogP contribution in [0.15, 0.2) is 16.7 Å². The lowest BCUT2D eigenvalue weighted by molar-refractivity contribution is -0.141. The first-order valence-electron chi connectivity index (χ1n) is 5.43. The lowest BCUT2D eigenvalue weighted by Crippen LogP contribution is -2.11. The van der Waals surface area contributed by atoms with Crippen molar-refractivity contribution in [3.05, 3.63) is 35.3 Å². The van der Waals surface area contributed by atoms with E-state index in [1.165, 1.54) is 0 Å². The van der Waals surface area contributed by atoms with Crippen LogP contribution in [0.1, 0.15) is 23.0 Å². The lowest BCUT2D eigenvalue weighted by Gasteiger charge is -2.07. The van der Waals surface area contributed by atoms with Gasteiger partial charge < -0.3 is 9.73 Å². The molecule has 1 N–H and O–H groups in total. The average molecular weight is 272 g/mol. The molecule has 0 saturated heterocycles. The average Bonchev–Trinajstić information content (AvgIpc) is 2.66. The molecule has 0 unspecified atom stereocenters. The Morgan fingerprint density at radius 2 is 2.00 bits per heavy atom. The van der Waals surface area contributed by atoms with Crippen molar-refractivity contribution in [2.24, 2.45) is 0 Å². The zero-order valence-electron chi connectivity index (χ0n) is 10.2. The fraction of sp³-hybridized carbons (Fsp3) is 0.364. The first kappa shape index (κ1) is 13.3. The highest BCUT2D eigenvalue weighted by Gasteiger charge is 2.32. The molecule has 0 aromatic carbocycles. The van der Waals surface area contributed by atoms with Gasteiger partial charge in [0.15, 0.2) is 0 Å². The van der Waals surface area contributed by atoms with Crippen LogP contribution in [-0.2, 0) is 12.7 Å². The summed E-state index contributed by atoms with van der Waals surface area (Å²) in [7, 11) is 0.